The molecule has 1 aromatic heterocycles. The maximum atomic E-state index is 12.3. The number of imidazole rings is 1. The summed E-state index contributed by atoms with van der Waals surface area (Å²) in [6.45, 7) is 1.80. The van der Waals surface area contributed by atoms with E-state index in [1.807, 2.05) is 59.2 Å². The monoisotopic (exact) mass is 424 g/mol. The largest absolute Gasteiger partial charge is 0.486 e. The van der Waals surface area contributed by atoms with Crippen LogP contribution in [0.2, 0.25) is 0 Å². The Hall–Kier alpha value is -2.28. The standard InChI is InChI=1S/C20H24N4O2.2ClH/c21-12-6-7-13-22-20(25)14-24-18-11-5-4-10-17(18)23-19(24)15-26-16-8-2-1-3-9-16;;/h1-5,8-11H,6-7,12-15,21H2,(H,22,25);2*1H. The van der Waals surface area contributed by atoms with Crippen LogP contribution in [0.25, 0.3) is 11.0 Å². The van der Waals surface area contributed by atoms with Gasteiger partial charge in [-0.1, -0.05) is 30.3 Å². The van der Waals surface area contributed by atoms with Crippen LogP contribution in [0.4, 0.5) is 0 Å². The van der Waals surface area contributed by atoms with Gasteiger partial charge in [0.1, 0.15) is 24.7 Å². The highest BCUT2D eigenvalue weighted by molar-refractivity contribution is 5.85. The van der Waals surface area contributed by atoms with E-state index < -0.39 is 0 Å². The fourth-order valence-electron chi connectivity index (χ4n) is 2.77. The summed E-state index contributed by atoms with van der Waals surface area (Å²) in [5.41, 5.74) is 7.26. The molecule has 1 amide bonds. The molecular weight excluding hydrogens is 399 g/mol. The molecule has 6 nitrogen and oxygen atoms in total. The second-order valence-electron chi connectivity index (χ2n) is 6.05. The topological polar surface area (TPSA) is 82.2 Å². The minimum atomic E-state index is -0.0360. The molecule has 0 saturated heterocycles. The van der Waals surface area contributed by atoms with Gasteiger partial charge in [0.05, 0.1) is 11.0 Å². The van der Waals surface area contributed by atoms with Gasteiger partial charge in [0.15, 0.2) is 0 Å². The van der Waals surface area contributed by atoms with Gasteiger partial charge in [0, 0.05) is 6.54 Å². The van der Waals surface area contributed by atoms with Crippen molar-refractivity contribution < 1.29 is 9.53 Å². The van der Waals surface area contributed by atoms with Crippen molar-refractivity contribution in [1.82, 2.24) is 14.9 Å². The Bertz CT molecular complexity index is 856. The first-order valence-electron chi connectivity index (χ1n) is 8.86. The average Bonchev–Trinajstić information content (AvgIpc) is 3.02. The summed E-state index contributed by atoms with van der Waals surface area (Å²) in [6, 6.07) is 17.4. The van der Waals surface area contributed by atoms with E-state index >= 15 is 0 Å². The quantitative estimate of drug-likeness (QED) is 0.516. The number of hydrogen-bond donors (Lipinski definition) is 2. The van der Waals surface area contributed by atoms with Gasteiger partial charge in [-0.3, -0.25) is 4.79 Å². The molecule has 3 rings (SSSR count). The third kappa shape index (κ3) is 6.41. The minimum Gasteiger partial charge on any atom is -0.486 e. The van der Waals surface area contributed by atoms with E-state index in [-0.39, 0.29) is 37.3 Å². The molecular formula is C20H26Cl2N4O2. The van der Waals surface area contributed by atoms with Crippen LogP contribution in [0.5, 0.6) is 5.75 Å². The number of nitrogens with zero attached hydrogens (tertiary/aromatic N) is 2. The van der Waals surface area contributed by atoms with Crippen LogP contribution >= 0.6 is 24.8 Å². The first kappa shape index (κ1) is 23.8. The summed E-state index contributed by atoms with van der Waals surface area (Å²) in [5, 5.41) is 2.94. The summed E-state index contributed by atoms with van der Waals surface area (Å²) >= 11 is 0. The number of carbonyl (C=O) groups is 1. The lowest BCUT2D eigenvalue weighted by atomic mass is 10.3. The zero-order valence-corrected chi connectivity index (χ0v) is 17.2. The predicted molar refractivity (Wildman–Crippen MR) is 116 cm³/mol. The minimum absolute atomic E-state index is 0. The van der Waals surface area contributed by atoms with E-state index in [1.165, 1.54) is 0 Å². The second-order valence-corrected chi connectivity index (χ2v) is 6.05. The van der Waals surface area contributed by atoms with Crippen LogP contribution in [0.1, 0.15) is 18.7 Å². The van der Waals surface area contributed by atoms with Crippen molar-refractivity contribution in [2.24, 2.45) is 5.73 Å². The molecule has 28 heavy (non-hydrogen) atoms. The molecule has 0 fully saturated rings. The van der Waals surface area contributed by atoms with Gasteiger partial charge in [-0.15, -0.1) is 24.8 Å². The number of benzene rings is 2. The first-order valence-corrected chi connectivity index (χ1v) is 8.86. The van der Waals surface area contributed by atoms with Crippen molar-refractivity contribution in [2.45, 2.75) is 26.0 Å². The van der Waals surface area contributed by atoms with Gasteiger partial charge < -0.3 is 20.4 Å². The Balaban J connectivity index is 0.00000196. The van der Waals surface area contributed by atoms with Crippen molar-refractivity contribution in [2.75, 3.05) is 13.1 Å². The van der Waals surface area contributed by atoms with E-state index in [2.05, 4.69) is 10.3 Å². The van der Waals surface area contributed by atoms with Crippen LogP contribution in [0.3, 0.4) is 0 Å². The molecule has 2 aromatic carbocycles. The lowest BCUT2D eigenvalue weighted by Crippen LogP contribution is -2.29. The van der Waals surface area contributed by atoms with Crippen LogP contribution in [-0.2, 0) is 17.9 Å². The number of carbonyl (C=O) groups excluding carboxylic acids is 1. The fraction of sp³-hybridized carbons (Fsp3) is 0.300. The Labute approximate surface area is 177 Å². The van der Waals surface area contributed by atoms with Crippen LogP contribution < -0.4 is 15.8 Å². The molecule has 0 aliphatic carbocycles. The summed E-state index contributed by atoms with van der Waals surface area (Å²) in [5.74, 6) is 1.47. The maximum Gasteiger partial charge on any atom is 0.240 e. The number of nitrogens with two attached hydrogens (primary N) is 1. The van der Waals surface area contributed by atoms with Crippen molar-refractivity contribution in [3.8, 4) is 5.75 Å². The number of ether oxygens (including phenoxy) is 1. The Kier molecular flexibility index (Phi) is 10.4. The van der Waals surface area contributed by atoms with E-state index in [4.69, 9.17) is 10.5 Å². The van der Waals surface area contributed by atoms with Gasteiger partial charge in [-0.05, 0) is 43.7 Å². The predicted octanol–water partition coefficient (Wildman–Crippen LogP) is 3.31. The smallest absolute Gasteiger partial charge is 0.240 e. The maximum absolute atomic E-state index is 12.3. The SMILES string of the molecule is Cl.Cl.NCCCCNC(=O)Cn1c(COc2ccccc2)nc2ccccc21. The number of para-hydroxylation sites is 3. The molecule has 0 spiro atoms. The van der Waals surface area contributed by atoms with Crippen LogP contribution in [-0.4, -0.2) is 28.5 Å². The molecule has 3 N–H and O–H groups in total. The number of amides is 1. The number of halogens is 2. The molecule has 1 heterocycles. The highest BCUT2D eigenvalue weighted by Gasteiger charge is 2.14. The Morgan fingerprint density at radius 3 is 2.50 bits per heavy atom. The Morgan fingerprint density at radius 2 is 1.75 bits per heavy atom. The zero-order valence-electron chi connectivity index (χ0n) is 15.5. The molecule has 0 aliphatic rings. The van der Waals surface area contributed by atoms with E-state index in [0.717, 1.165) is 35.4 Å². The van der Waals surface area contributed by atoms with Gasteiger partial charge in [0.2, 0.25) is 5.91 Å². The molecule has 0 aliphatic heterocycles. The first-order chi connectivity index (χ1) is 12.8. The van der Waals surface area contributed by atoms with Gasteiger partial charge in [-0.25, -0.2) is 4.98 Å². The highest BCUT2D eigenvalue weighted by atomic mass is 35.5. The molecule has 0 atom stereocenters. The average molecular weight is 425 g/mol. The number of fused-ring (bicyclic) bond motifs is 1. The van der Waals surface area contributed by atoms with Gasteiger partial charge in [-0.2, -0.15) is 0 Å². The van der Waals surface area contributed by atoms with Crippen molar-refractivity contribution >= 4 is 41.8 Å². The molecule has 0 radical (unpaired) electrons. The van der Waals surface area contributed by atoms with Gasteiger partial charge >= 0.3 is 0 Å². The van der Waals surface area contributed by atoms with Crippen LogP contribution in [0, 0.1) is 0 Å². The zero-order chi connectivity index (χ0) is 18.2. The van der Waals surface area contributed by atoms with E-state index in [0.29, 0.717) is 19.7 Å². The molecule has 3 aromatic rings. The van der Waals surface area contributed by atoms with Gasteiger partial charge in [0.25, 0.3) is 0 Å². The van der Waals surface area contributed by atoms with Crippen molar-refractivity contribution in [3.05, 3.63) is 60.4 Å². The second kappa shape index (κ2) is 12.2. The fourth-order valence-corrected chi connectivity index (χ4v) is 2.77. The van der Waals surface area contributed by atoms with Crippen molar-refractivity contribution in [3.63, 3.8) is 0 Å². The number of aromatic nitrogens is 2. The summed E-state index contributed by atoms with van der Waals surface area (Å²) in [7, 11) is 0. The van der Waals surface area contributed by atoms with Crippen LogP contribution in [0.15, 0.2) is 54.6 Å². The third-order valence-corrected chi connectivity index (χ3v) is 4.10. The summed E-state index contributed by atoms with van der Waals surface area (Å²) < 4.78 is 7.74. The van der Waals surface area contributed by atoms with E-state index in [1.54, 1.807) is 0 Å². The van der Waals surface area contributed by atoms with E-state index in [9.17, 15) is 4.79 Å². The lowest BCUT2D eigenvalue weighted by molar-refractivity contribution is -0.121. The molecule has 0 saturated carbocycles. The number of rotatable bonds is 9. The summed E-state index contributed by atoms with van der Waals surface area (Å²) in [4.78, 5) is 16.9. The Morgan fingerprint density at radius 1 is 1.04 bits per heavy atom. The molecule has 8 heteroatoms. The number of unbranched alkanes of at least 4 members (excludes halogenated alkanes) is 1. The summed E-state index contributed by atoms with van der Waals surface area (Å²) in [6.07, 6.45) is 1.79. The number of nitrogens with one attached hydrogen (secondary N) is 1. The highest BCUT2D eigenvalue weighted by Crippen LogP contribution is 2.18. The molecule has 0 bridgehead atoms. The molecule has 0 unspecified atom stereocenters. The lowest BCUT2D eigenvalue weighted by Gasteiger charge is -2.11. The molecule has 152 valence electrons. The van der Waals surface area contributed by atoms with Crippen molar-refractivity contribution in [1.29, 1.82) is 0 Å². The normalized spacial score (nSPS) is 10.0. The number of hydrogen-bond acceptors (Lipinski definition) is 4. The third-order valence-electron chi connectivity index (χ3n) is 4.10.